The first-order valence-corrected chi connectivity index (χ1v) is 10.4. The molecule has 0 spiro atoms. The Labute approximate surface area is 163 Å². The highest BCUT2D eigenvalue weighted by atomic mass is 32.2. The second-order valence-corrected chi connectivity index (χ2v) is 9.11. The molecule has 8 nitrogen and oxygen atoms in total. The lowest BCUT2D eigenvalue weighted by molar-refractivity contribution is -0.0931. The molecule has 1 aliphatic carbocycles. The summed E-state index contributed by atoms with van der Waals surface area (Å²) in [7, 11) is -3.91. The number of anilines is 1. The first-order valence-electron chi connectivity index (χ1n) is 8.95. The number of nitrogen functional groups attached to an aromatic ring is 1. The Kier molecular flexibility index (Phi) is 4.40. The maximum absolute atomic E-state index is 12.3. The maximum Gasteiger partial charge on any atom is 0.297 e. The standard InChI is InChI=1S/C19H22N4O4S/c1-12-3-5-15(6-4-12)28(25,26)27-10-19(24)7-14(8-19)23-9-13(2)16-17(20)21-11-22-18(16)23/h3-6,9,11,14,24H,7-8,10H2,1-2H3,(H2,20,21,22). The number of rotatable bonds is 5. The van der Waals surface area contributed by atoms with Gasteiger partial charge in [-0.15, -0.1) is 0 Å². The summed E-state index contributed by atoms with van der Waals surface area (Å²) in [6.45, 7) is 3.52. The molecule has 0 saturated heterocycles. The Bertz CT molecular complexity index is 1130. The van der Waals surface area contributed by atoms with Crippen LogP contribution in [0.15, 0.2) is 41.7 Å². The van der Waals surface area contributed by atoms with Crippen LogP contribution in [-0.2, 0) is 14.3 Å². The number of benzene rings is 1. The molecular formula is C19H22N4O4S. The topological polar surface area (TPSA) is 120 Å². The van der Waals surface area contributed by atoms with Gasteiger partial charge in [0.2, 0.25) is 0 Å². The molecule has 0 unspecified atom stereocenters. The smallest absolute Gasteiger partial charge is 0.297 e. The molecule has 9 heteroatoms. The van der Waals surface area contributed by atoms with Gasteiger partial charge in [0, 0.05) is 12.2 Å². The molecule has 0 amide bonds. The van der Waals surface area contributed by atoms with Crippen LogP contribution in [0.25, 0.3) is 11.0 Å². The molecule has 28 heavy (non-hydrogen) atoms. The lowest BCUT2D eigenvalue weighted by Crippen LogP contribution is -2.48. The fourth-order valence-corrected chi connectivity index (χ4v) is 4.65. The van der Waals surface area contributed by atoms with E-state index in [2.05, 4.69) is 9.97 Å². The molecule has 2 aromatic heterocycles. The second kappa shape index (κ2) is 6.54. The fourth-order valence-electron chi connectivity index (χ4n) is 3.67. The molecule has 4 rings (SSSR count). The van der Waals surface area contributed by atoms with Crippen molar-refractivity contribution in [3.63, 3.8) is 0 Å². The van der Waals surface area contributed by atoms with E-state index in [1.165, 1.54) is 18.5 Å². The van der Waals surface area contributed by atoms with Gasteiger partial charge in [-0.05, 0) is 44.4 Å². The average molecular weight is 402 g/mol. The highest BCUT2D eigenvalue weighted by Crippen LogP contribution is 2.44. The van der Waals surface area contributed by atoms with Gasteiger partial charge in [0.05, 0.1) is 22.5 Å². The molecule has 0 radical (unpaired) electrons. The van der Waals surface area contributed by atoms with Crippen LogP contribution in [0.2, 0.25) is 0 Å². The summed E-state index contributed by atoms with van der Waals surface area (Å²) >= 11 is 0. The minimum absolute atomic E-state index is 0.0128. The van der Waals surface area contributed by atoms with Crippen molar-refractivity contribution >= 4 is 27.0 Å². The summed E-state index contributed by atoms with van der Waals surface area (Å²) in [5, 5.41) is 11.5. The van der Waals surface area contributed by atoms with Crippen LogP contribution in [0.4, 0.5) is 5.82 Å². The minimum atomic E-state index is -3.91. The molecule has 1 fully saturated rings. The van der Waals surface area contributed by atoms with Gasteiger partial charge in [0.1, 0.15) is 17.8 Å². The van der Waals surface area contributed by atoms with E-state index >= 15 is 0 Å². The summed E-state index contributed by atoms with van der Waals surface area (Å²) in [6.07, 6.45) is 4.08. The number of fused-ring (bicyclic) bond motifs is 1. The predicted molar refractivity (Wildman–Crippen MR) is 104 cm³/mol. The molecule has 3 N–H and O–H groups in total. The van der Waals surface area contributed by atoms with E-state index in [-0.39, 0.29) is 17.5 Å². The van der Waals surface area contributed by atoms with Crippen LogP contribution in [0.5, 0.6) is 0 Å². The van der Waals surface area contributed by atoms with E-state index in [4.69, 9.17) is 9.92 Å². The summed E-state index contributed by atoms with van der Waals surface area (Å²) in [6, 6.07) is 6.39. The zero-order chi connectivity index (χ0) is 20.1. The van der Waals surface area contributed by atoms with E-state index in [9.17, 15) is 13.5 Å². The zero-order valence-electron chi connectivity index (χ0n) is 15.7. The van der Waals surface area contributed by atoms with Gasteiger partial charge in [0.15, 0.2) is 0 Å². The quantitative estimate of drug-likeness (QED) is 0.627. The van der Waals surface area contributed by atoms with Crippen molar-refractivity contribution in [3.8, 4) is 0 Å². The monoisotopic (exact) mass is 402 g/mol. The molecule has 0 atom stereocenters. The van der Waals surface area contributed by atoms with Crippen LogP contribution in [0, 0.1) is 13.8 Å². The third-order valence-corrected chi connectivity index (χ3v) is 6.52. The van der Waals surface area contributed by atoms with Crippen molar-refractivity contribution in [2.75, 3.05) is 12.3 Å². The third-order valence-electron chi connectivity index (χ3n) is 5.25. The van der Waals surface area contributed by atoms with E-state index in [0.717, 1.165) is 16.5 Å². The molecule has 2 heterocycles. The Balaban J connectivity index is 1.46. The lowest BCUT2D eigenvalue weighted by Gasteiger charge is -2.43. The van der Waals surface area contributed by atoms with Crippen molar-refractivity contribution in [2.24, 2.45) is 0 Å². The Hall–Kier alpha value is -2.49. The SMILES string of the molecule is Cc1ccc(S(=O)(=O)OCC2(O)CC(n3cc(C)c4c(N)ncnc43)C2)cc1. The van der Waals surface area contributed by atoms with Crippen molar-refractivity contribution in [1.82, 2.24) is 14.5 Å². The number of aromatic nitrogens is 3. The van der Waals surface area contributed by atoms with Crippen molar-refractivity contribution < 1.29 is 17.7 Å². The Morgan fingerprint density at radius 1 is 1.25 bits per heavy atom. The maximum atomic E-state index is 12.3. The number of hydrogen-bond acceptors (Lipinski definition) is 7. The lowest BCUT2D eigenvalue weighted by atomic mass is 9.76. The second-order valence-electron chi connectivity index (χ2n) is 7.49. The van der Waals surface area contributed by atoms with E-state index < -0.39 is 15.7 Å². The first kappa shape index (κ1) is 18.9. The van der Waals surface area contributed by atoms with Gasteiger partial charge in [-0.2, -0.15) is 8.42 Å². The summed E-state index contributed by atoms with van der Waals surface area (Å²) in [5.74, 6) is 0.420. The van der Waals surface area contributed by atoms with Crippen molar-refractivity contribution in [3.05, 3.63) is 47.9 Å². The van der Waals surface area contributed by atoms with E-state index in [0.29, 0.717) is 24.3 Å². The summed E-state index contributed by atoms with van der Waals surface area (Å²) < 4.78 is 31.7. The van der Waals surface area contributed by atoms with E-state index in [1.807, 2.05) is 24.6 Å². The molecule has 0 bridgehead atoms. The molecule has 0 aliphatic heterocycles. The zero-order valence-corrected chi connectivity index (χ0v) is 16.5. The molecule has 148 valence electrons. The van der Waals surface area contributed by atoms with Crippen LogP contribution < -0.4 is 5.73 Å². The van der Waals surface area contributed by atoms with E-state index in [1.54, 1.807) is 12.1 Å². The highest BCUT2D eigenvalue weighted by Gasteiger charge is 2.45. The minimum Gasteiger partial charge on any atom is -0.387 e. The fraction of sp³-hybridized carbons (Fsp3) is 0.368. The van der Waals surface area contributed by atoms with Crippen LogP contribution in [0.1, 0.15) is 30.0 Å². The Morgan fingerprint density at radius 3 is 2.61 bits per heavy atom. The van der Waals surface area contributed by atoms with Gasteiger partial charge in [-0.3, -0.25) is 4.18 Å². The van der Waals surface area contributed by atoms with Gasteiger partial charge in [0.25, 0.3) is 10.1 Å². The number of nitrogens with zero attached hydrogens (tertiary/aromatic N) is 3. The Morgan fingerprint density at radius 2 is 1.93 bits per heavy atom. The molecule has 1 saturated carbocycles. The van der Waals surface area contributed by atoms with Crippen molar-refractivity contribution in [2.45, 2.75) is 43.2 Å². The third kappa shape index (κ3) is 3.25. The largest absolute Gasteiger partial charge is 0.387 e. The number of aryl methyl sites for hydroxylation is 2. The number of aliphatic hydroxyl groups is 1. The normalized spacial score (nSPS) is 22.3. The first-order chi connectivity index (χ1) is 13.2. The molecule has 1 aromatic carbocycles. The van der Waals surface area contributed by atoms with Gasteiger partial charge >= 0.3 is 0 Å². The van der Waals surface area contributed by atoms with Gasteiger partial charge in [-0.1, -0.05) is 17.7 Å². The molecule has 3 aromatic rings. The molecule has 1 aliphatic rings. The predicted octanol–water partition coefficient (Wildman–Crippen LogP) is 2.10. The number of hydrogen-bond donors (Lipinski definition) is 2. The summed E-state index contributed by atoms with van der Waals surface area (Å²) in [4.78, 5) is 8.41. The van der Waals surface area contributed by atoms with Crippen LogP contribution >= 0.6 is 0 Å². The highest BCUT2D eigenvalue weighted by molar-refractivity contribution is 7.86. The van der Waals surface area contributed by atoms with Crippen molar-refractivity contribution in [1.29, 1.82) is 0 Å². The summed E-state index contributed by atoms with van der Waals surface area (Å²) in [5.41, 5.74) is 7.37. The van der Waals surface area contributed by atoms with Crippen LogP contribution in [-0.4, -0.2) is 40.3 Å². The number of nitrogens with two attached hydrogens (primary N) is 1. The molecular weight excluding hydrogens is 380 g/mol. The van der Waals surface area contributed by atoms with Crippen LogP contribution in [0.3, 0.4) is 0 Å². The average Bonchev–Trinajstić information content (AvgIpc) is 2.96. The van der Waals surface area contributed by atoms with Gasteiger partial charge < -0.3 is 15.4 Å². The van der Waals surface area contributed by atoms with Gasteiger partial charge in [-0.25, -0.2) is 9.97 Å².